The Morgan fingerprint density at radius 1 is 1.22 bits per heavy atom. The summed E-state index contributed by atoms with van der Waals surface area (Å²) in [5.74, 6) is 2.29. The lowest BCUT2D eigenvalue weighted by atomic mass is 9.66. The number of fused-ring (bicyclic) bond motifs is 2. The Kier molecular flexibility index (Phi) is 4.79. The van der Waals surface area contributed by atoms with Gasteiger partial charge in [-0.05, 0) is 55.7 Å². The second kappa shape index (κ2) is 6.81. The number of nitrogens with one attached hydrogen (secondary N) is 1. The Labute approximate surface area is 138 Å². The first kappa shape index (κ1) is 16.2. The third kappa shape index (κ3) is 4.18. The van der Waals surface area contributed by atoms with Gasteiger partial charge in [0.05, 0.1) is 7.11 Å². The number of hydrogen-bond donors (Lipinski definition) is 1. The van der Waals surface area contributed by atoms with Crippen molar-refractivity contribution in [2.24, 2.45) is 11.8 Å². The van der Waals surface area contributed by atoms with E-state index in [4.69, 9.17) is 9.47 Å². The van der Waals surface area contributed by atoms with Gasteiger partial charge in [0, 0.05) is 6.54 Å². The van der Waals surface area contributed by atoms with E-state index in [-0.39, 0.29) is 11.7 Å². The highest BCUT2D eigenvalue weighted by molar-refractivity contribution is 5.67. The van der Waals surface area contributed by atoms with Gasteiger partial charge in [0.15, 0.2) is 0 Å². The molecule has 3 rings (SSSR count). The fraction of sp³-hybridized carbons (Fsp3) is 0.632. The van der Waals surface area contributed by atoms with Crippen LogP contribution in [0.1, 0.15) is 51.0 Å². The first-order chi connectivity index (χ1) is 11.1. The second-order valence-electron chi connectivity index (χ2n) is 7.35. The Morgan fingerprint density at radius 3 is 2.48 bits per heavy atom. The van der Waals surface area contributed by atoms with E-state index in [1.54, 1.807) is 7.11 Å². The lowest BCUT2D eigenvalue weighted by Crippen LogP contribution is -2.44. The Balaban J connectivity index is 1.50. The molecule has 2 fully saturated rings. The number of carbonyl (C=O) groups excluding carboxylic acids is 1. The zero-order valence-electron chi connectivity index (χ0n) is 14.1. The molecule has 2 atom stereocenters. The number of methoxy groups -OCH3 is 1. The van der Waals surface area contributed by atoms with Gasteiger partial charge >= 0.3 is 6.09 Å². The van der Waals surface area contributed by atoms with Crippen LogP contribution < -0.4 is 10.1 Å². The monoisotopic (exact) mass is 317 g/mol. The highest BCUT2D eigenvalue weighted by atomic mass is 16.6. The largest absolute Gasteiger partial charge is 0.497 e. The number of benzene rings is 1. The molecular formula is C19H27NO3. The van der Waals surface area contributed by atoms with E-state index in [0.717, 1.165) is 36.0 Å². The third-order valence-corrected chi connectivity index (χ3v) is 5.27. The zero-order valence-corrected chi connectivity index (χ0v) is 14.1. The van der Waals surface area contributed by atoms with Gasteiger partial charge in [-0.2, -0.15) is 0 Å². The van der Waals surface area contributed by atoms with Crippen molar-refractivity contribution in [1.82, 2.24) is 5.32 Å². The Morgan fingerprint density at radius 2 is 1.87 bits per heavy atom. The molecule has 1 N–H and O–H groups in total. The highest BCUT2D eigenvalue weighted by Gasteiger charge is 2.41. The van der Waals surface area contributed by atoms with Crippen LogP contribution in [0.4, 0.5) is 4.79 Å². The molecule has 2 aliphatic carbocycles. The standard InChI is InChI=1S/C19H27NO3/c1-19(11-15-4-3-5-16(10-15)12-19)23-18(21)20-13-14-6-8-17(22-2)9-7-14/h6-9,15-16H,3-5,10-13H2,1-2H3,(H,20,21). The van der Waals surface area contributed by atoms with E-state index < -0.39 is 0 Å². The van der Waals surface area contributed by atoms with E-state index in [2.05, 4.69) is 12.2 Å². The van der Waals surface area contributed by atoms with Crippen LogP contribution in [-0.4, -0.2) is 18.8 Å². The summed E-state index contributed by atoms with van der Waals surface area (Å²) in [5.41, 5.74) is 0.742. The van der Waals surface area contributed by atoms with Crippen LogP contribution in [0, 0.1) is 11.8 Å². The molecule has 0 aromatic heterocycles. The van der Waals surface area contributed by atoms with Crippen LogP contribution in [0.2, 0.25) is 0 Å². The van der Waals surface area contributed by atoms with E-state index in [1.807, 2.05) is 24.3 Å². The third-order valence-electron chi connectivity index (χ3n) is 5.27. The van der Waals surface area contributed by atoms with Crippen LogP contribution in [0.5, 0.6) is 5.75 Å². The molecule has 4 nitrogen and oxygen atoms in total. The predicted molar refractivity (Wildman–Crippen MR) is 89.4 cm³/mol. The molecule has 1 aromatic rings. The van der Waals surface area contributed by atoms with E-state index in [9.17, 15) is 4.79 Å². The minimum Gasteiger partial charge on any atom is -0.497 e. The van der Waals surface area contributed by atoms with Gasteiger partial charge in [0.25, 0.3) is 0 Å². The molecule has 0 aliphatic heterocycles. The Hall–Kier alpha value is -1.71. The molecule has 2 bridgehead atoms. The van der Waals surface area contributed by atoms with Crippen molar-refractivity contribution in [1.29, 1.82) is 0 Å². The van der Waals surface area contributed by atoms with Crippen molar-refractivity contribution in [2.45, 2.75) is 57.6 Å². The molecule has 23 heavy (non-hydrogen) atoms. The van der Waals surface area contributed by atoms with E-state index in [1.165, 1.54) is 25.7 Å². The molecule has 2 saturated carbocycles. The molecule has 1 aromatic carbocycles. The molecule has 4 heteroatoms. The number of carbonyl (C=O) groups is 1. The predicted octanol–water partition coefficient (Wildman–Crippen LogP) is 4.28. The lowest BCUT2D eigenvalue weighted by Gasteiger charge is -2.44. The molecule has 2 unspecified atom stereocenters. The van der Waals surface area contributed by atoms with Gasteiger partial charge in [-0.25, -0.2) is 4.79 Å². The van der Waals surface area contributed by atoms with Gasteiger partial charge < -0.3 is 14.8 Å². The molecular weight excluding hydrogens is 290 g/mol. The van der Waals surface area contributed by atoms with Gasteiger partial charge in [0.2, 0.25) is 0 Å². The van der Waals surface area contributed by atoms with Crippen molar-refractivity contribution in [3.05, 3.63) is 29.8 Å². The second-order valence-corrected chi connectivity index (χ2v) is 7.35. The number of amides is 1. The highest BCUT2D eigenvalue weighted by Crippen LogP contribution is 2.45. The number of rotatable bonds is 4. The summed E-state index contributed by atoms with van der Waals surface area (Å²) in [7, 11) is 1.64. The van der Waals surface area contributed by atoms with Crippen LogP contribution in [-0.2, 0) is 11.3 Å². The first-order valence-electron chi connectivity index (χ1n) is 8.66. The maximum atomic E-state index is 12.2. The fourth-order valence-corrected chi connectivity index (χ4v) is 4.34. The van der Waals surface area contributed by atoms with Gasteiger partial charge in [0.1, 0.15) is 11.4 Å². The van der Waals surface area contributed by atoms with Gasteiger partial charge in [-0.15, -0.1) is 0 Å². The quantitative estimate of drug-likeness (QED) is 0.901. The minimum atomic E-state index is -0.303. The first-order valence-corrected chi connectivity index (χ1v) is 8.66. The maximum Gasteiger partial charge on any atom is 0.407 e. The summed E-state index contributed by atoms with van der Waals surface area (Å²) in [6, 6.07) is 7.69. The van der Waals surface area contributed by atoms with Crippen LogP contribution >= 0.6 is 0 Å². The summed E-state index contributed by atoms with van der Waals surface area (Å²) in [4.78, 5) is 12.2. The summed E-state index contributed by atoms with van der Waals surface area (Å²) in [6.07, 6.45) is 6.98. The normalized spacial score (nSPS) is 29.7. The fourth-order valence-electron chi connectivity index (χ4n) is 4.34. The van der Waals surface area contributed by atoms with Crippen molar-refractivity contribution in [3.8, 4) is 5.75 Å². The number of ether oxygens (including phenoxy) is 2. The topological polar surface area (TPSA) is 47.6 Å². The molecule has 0 spiro atoms. The smallest absolute Gasteiger partial charge is 0.407 e. The van der Waals surface area contributed by atoms with Crippen molar-refractivity contribution in [2.75, 3.05) is 7.11 Å². The summed E-state index contributed by atoms with van der Waals surface area (Å²) >= 11 is 0. The van der Waals surface area contributed by atoms with Crippen molar-refractivity contribution in [3.63, 3.8) is 0 Å². The van der Waals surface area contributed by atoms with Crippen molar-refractivity contribution < 1.29 is 14.3 Å². The average Bonchev–Trinajstić information content (AvgIpc) is 2.52. The summed E-state index contributed by atoms with van der Waals surface area (Å²) < 4.78 is 10.9. The number of alkyl carbamates (subject to hydrolysis) is 1. The zero-order chi connectivity index (χ0) is 16.3. The lowest BCUT2D eigenvalue weighted by molar-refractivity contribution is -0.0486. The number of hydrogen-bond acceptors (Lipinski definition) is 3. The van der Waals surface area contributed by atoms with Crippen molar-refractivity contribution >= 4 is 6.09 Å². The maximum absolute atomic E-state index is 12.2. The van der Waals surface area contributed by atoms with E-state index in [0.29, 0.717) is 6.54 Å². The Bertz CT molecular complexity index is 528. The molecule has 0 heterocycles. The molecule has 0 saturated heterocycles. The summed E-state index contributed by atoms with van der Waals surface area (Å²) in [5, 5.41) is 2.87. The SMILES string of the molecule is COc1ccc(CNC(=O)OC2(C)CC3CCCC(C3)C2)cc1. The van der Waals surface area contributed by atoms with E-state index >= 15 is 0 Å². The average molecular weight is 317 g/mol. The molecule has 2 aliphatic rings. The molecule has 126 valence electrons. The van der Waals surface area contributed by atoms with Crippen LogP contribution in [0.15, 0.2) is 24.3 Å². The minimum absolute atomic E-state index is 0.294. The van der Waals surface area contributed by atoms with Gasteiger partial charge in [-0.3, -0.25) is 0 Å². The molecule has 0 radical (unpaired) electrons. The van der Waals surface area contributed by atoms with Crippen LogP contribution in [0.3, 0.4) is 0 Å². The summed E-state index contributed by atoms with van der Waals surface area (Å²) in [6.45, 7) is 2.58. The van der Waals surface area contributed by atoms with Crippen LogP contribution in [0.25, 0.3) is 0 Å². The van der Waals surface area contributed by atoms with Gasteiger partial charge in [-0.1, -0.05) is 31.4 Å². The molecule has 1 amide bonds.